The minimum Gasteiger partial charge on any atom is -0.368 e. The Morgan fingerprint density at radius 1 is 1.04 bits per heavy atom. The summed E-state index contributed by atoms with van der Waals surface area (Å²) in [5, 5.41) is 4.88. The van der Waals surface area contributed by atoms with Gasteiger partial charge in [0.05, 0.1) is 5.56 Å². The number of carbonyl (C=O) groups is 3. The van der Waals surface area contributed by atoms with Crippen LogP contribution in [0.3, 0.4) is 0 Å². The minimum absolute atomic E-state index is 0.153. The summed E-state index contributed by atoms with van der Waals surface area (Å²) in [6.07, 6.45) is -5.00. The molecule has 0 aliphatic carbocycles. The lowest BCUT2D eigenvalue weighted by Crippen LogP contribution is -2.46. The van der Waals surface area contributed by atoms with Gasteiger partial charge in [-0.3, -0.25) is 14.4 Å². The van der Waals surface area contributed by atoms with Crippen LogP contribution in [0, 0.1) is 0 Å². The molecule has 2 rings (SSSR count). The maximum absolute atomic E-state index is 13.1. The summed E-state index contributed by atoms with van der Waals surface area (Å²) in [7, 11) is 0. The average Bonchev–Trinajstić information content (AvgIpc) is 2.60. The maximum atomic E-state index is 13.1. The molecule has 3 amide bonds. The molecule has 9 heteroatoms. The first-order chi connectivity index (χ1) is 13.1. The van der Waals surface area contributed by atoms with Crippen LogP contribution in [-0.2, 0) is 22.2 Å². The summed E-state index contributed by atoms with van der Waals surface area (Å²) < 4.78 is 39.4. The SMILES string of the molecule is CC(=O)Nc1ccc(C(=O)N[C@@H](Cc2ccccc2C(F)(F)F)C(N)=O)cc1. The van der Waals surface area contributed by atoms with Gasteiger partial charge in [0.15, 0.2) is 0 Å². The highest BCUT2D eigenvalue weighted by atomic mass is 19.4. The summed E-state index contributed by atoms with van der Waals surface area (Å²) in [6, 6.07) is 9.22. The summed E-state index contributed by atoms with van der Waals surface area (Å²) >= 11 is 0. The van der Waals surface area contributed by atoms with Crippen molar-refractivity contribution in [3.8, 4) is 0 Å². The molecule has 0 spiro atoms. The van der Waals surface area contributed by atoms with E-state index in [1.807, 2.05) is 0 Å². The molecule has 0 aliphatic heterocycles. The topological polar surface area (TPSA) is 101 Å². The van der Waals surface area contributed by atoms with Crippen LogP contribution in [0.25, 0.3) is 0 Å². The lowest BCUT2D eigenvalue weighted by atomic mass is 9.99. The summed E-state index contributed by atoms with van der Waals surface area (Å²) in [4.78, 5) is 35.0. The Bertz CT molecular complexity index is 880. The second-order valence-electron chi connectivity index (χ2n) is 6.05. The molecule has 148 valence electrons. The van der Waals surface area contributed by atoms with Crippen molar-refractivity contribution >= 4 is 23.4 Å². The van der Waals surface area contributed by atoms with Gasteiger partial charge in [-0.05, 0) is 35.9 Å². The van der Waals surface area contributed by atoms with Crippen LogP contribution < -0.4 is 16.4 Å². The Balaban J connectivity index is 2.17. The molecule has 2 aromatic rings. The fourth-order valence-corrected chi connectivity index (χ4v) is 2.57. The highest BCUT2D eigenvalue weighted by molar-refractivity contribution is 5.98. The number of anilines is 1. The second kappa shape index (κ2) is 8.55. The highest BCUT2D eigenvalue weighted by Crippen LogP contribution is 2.32. The van der Waals surface area contributed by atoms with Crippen LogP contribution in [0.4, 0.5) is 18.9 Å². The Labute approximate surface area is 158 Å². The zero-order chi connectivity index (χ0) is 20.9. The first-order valence-corrected chi connectivity index (χ1v) is 8.21. The normalized spacial score (nSPS) is 12.1. The molecule has 0 radical (unpaired) electrons. The summed E-state index contributed by atoms with van der Waals surface area (Å²) in [5.41, 5.74) is 4.84. The van der Waals surface area contributed by atoms with Gasteiger partial charge in [0, 0.05) is 24.6 Å². The van der Waals surface area contributed by atoms with E-state index in [2.05, 4.69) is 10.6 Å². The van der Waals surface area contributed by atoms with Gasteiger partial charge in [-0.1, -0.05) is 18.2 Å². The van der Waals surface area contributed by atoms with Gasteiger partial charge in [-0.25, -0.2) is 0 Å². The summed E-state index contributed by atoms with van der Waals surface area (Å²) in [6.45, 7) is 1.33. The number of benzene rings is 2. The van der Waals surface area contributed by atoms with E-state index in [1.54, 1.807) is 0 Å². The van der Waals surface area contributed by atoms with Crippen molar-refractivity contribution < 1.29 is 27.6 Å². The fourth-order valence-electron chi connectivity index (χ4n) is 2.57. The van der Waals surface area contributed by atoms with Crippen molar-refractivity contribution in [2.45, 2.75) is 25.6 Å². The van der Waals surface area contributed by atoms with Crippen molar-refractivity contribution in [3.05, 3.63) is 65.2 Å². The highest BCUT2D eigenvalue weighted by Gasteiger charge is 2.34. The van der Waals surface area contributed by atoms with Crippen LogP contribution >= 0.6 is 0 Å². The largest absolute Gasteiger partial charge is 0.416 e. The van der Waals surface area contributed by atoms with Crippen LogP contribution in [0.1, 0.15) is 28.4 Å². The molecule has 0 heterocycles. The molecule has 6 nitrogen and oxygen atoms in total. The number of hydrogen-bond acceptors (Lipinski definition) is 3. The van der Waals surface area contributed by atoms with Gasteiger partial charge in [0.1, 0.15) is 6.04 Å². The number of hydrogen-bond donors (Lipinski definition) is 3. The number of halogens is 3. The van der Waals surface area contributed by atoms with Crippen molar-refractivity contribution in [2.75, 3.05) is 5.32 Å². The second-order valence-corrected chi connectivity index (χ2v) is 6.05. The molecule has 0 saturated carbocycles. The van der Waals surface area contributed by atoms with E-state index in [1.165, 1.54) is 49.4 Å². The quantitative estimate of drug-likeness (QED) is 0.703. The first kappa shape index (κ1) is 20.9. The lowest BCUT2D eigenvalue weighted by Gasteiger charge is -2.19. The molecule has 0 aromatic heterocycles. The Hall–Kier alpha value is -3.36. The number of nitrogens with one attached hydrogen (secondary N) is 2. The third-order valence-electron chi connectivity index (χ3n) is 3.86. The fraction of sp³-hybridized carbons (Fsp3) is 0.211. The molecule has 0 fully saturated rings. The smallest absolute Gasteiger partial charge is 0.368 e. The predicted octanol–water partition coefficient (Wildman–Crippen LogP) is 2.49. The number of carbonyl (C=O) groups excluding carboxylic acids is 3. The Morgan fingerprint density at radius 2 is 1.64 bits per heavy atom. The number of rotatable bonds is 6. The van der Waals surface area contributed by atoms with E-state index in [-0.39, 0.29) is 17.0 Å². The van der Waals surface area contributed by atoms with Gasteiger partial charge >= 0.3 is 6.18 Å². The zero-order valence-corrected chi connectivity index (χ0v) is 14.8. The molecule has 0 unspecified atom stereocenters. The standard InChI is InChI=1S/C19H18F3N3O3/c1-11(26)24-14-8-6-12(7-9-14)18(28)25-16(17(23)27)10-13-4-2-3-5-15(13)19(20,21)22/h2-9,16H,10H2,1H3,(H2,23,27)(H,24,26)(H,25,28)/t16-/m0/s1. The molecule has 28 heavy (non-hydrogen) atoms. The minimum atomic E-state index is -4.59. The van der Waals surface area contributed by atoms with Crippen molar-refractivity contribution in [1.82, 2.24) is 5.32 Å². The molecule has 2 aromatic carbocycles. The molecule has 1 atom stereocenters. The van der Waals surface area contributed by atoms with Crippen LogP contribution in [0.15, 0.2) is 48.5 Å². The van der Waals surface area contributed by atoms with Crippen molar-refractivity contribution in [2.24, 2.45) is 5.73 Å². The third kappa shape index (κ3) is 5.57. The van der Waals surface area contributed by atoms with Gasteiger partial charge in [-0.15, -0.1) is 0 Å². The van der Waals surface area contributed by atoms with Crippen LogP contribution in [0.5, 0.6) is 0 Å². The average molecular weight is 393 g/mol. The van der Waals surface area contributed by atoms with E-state index < -0.39 is 36.0 Å². The molecule has 0 bridgehead atoms. The zero-order valence-electron chi connectivity index (χ0n) is 14.8. The van der Waals surface area contributed by atoms with E-state index in [9.17, 15) is 27.6 Å². The van der Waals surface area contributed by atoms with Crippen molar-refractivity contribution in [1.29, 1.82) is 0 Å². The monoisotopic (exact) mass is 393 g/mol. The lowest BCUT2D eigenvalue weighted by molar-refractivity contribution is -0.138. The van der Waals surface area contributed by atoms with E-state index >= 15 is 0 Å². The molecule has 4 N–H and O–H groups in total. The summed E-state index contributed by atoms with van der Waals surface area (Å²) in [5.74, 6) is -1.92. The molecular formula is C19H18F3N3O3. The maximum Gasteiger partial charge on any atom is 0.416 e. The van der Waals surface area contributed by atoms with Crippen LogP contribution in [-0.4, -0.2) is 23.8 Å². The van der Waals surface area contributed by atoms with Gasteiger partial charge < -0.3 is 16.4 Å². The molecule has 0 aliphatic rings. The number of nitrogens with two attached hydrogens (primary N) is 1. The van der Waals surface area contributed by atoms with Gasteiger partial charge in [0.25, 0.3) is 5.91 Å². The van der Waals surface area contributed by atoms with Gasteiger partial charge in [0.2, 0.25) is 11.8 Å². The Kier molecular flexibility index (Phi) is 6.40. The first-order valence-electron chi connectivity index (χ1n) is 8.21. The molecule has 0 saturated heterocycles. The van der Waals surface area contributed by atoms with Crippen molar-refractivity contribution in [3.63, 3.8) is 0 Å². The third-order valence-corrected chi connectivity index (χ3v) is 3.86. The number of amides is 3. The van der Waals surface area contributed by atoms with E-state index in [0.717, 1.165) is 6.07 Å². The van der Waals surface area contributed by atoms with E-state index in [4.69, 9.17) is 5.73 Å². The number of primary amides is 1. The Morgan fingerprint density at radius 3 is 2.18 bits per heavy atom. The van der Waals surface area contributed by atoms with Crippen LogP contribution in [0.2, 0.25) is 0 Å². The van der Waals surface area contributed by atoms with Gasteiger partial charge in [-0.2, -0.15) is 13.2 Å². The predicted molar refractivity (Wildman–Crippen MR) is 96.3 cm³/mol. The number of alkyl halides is 3. The van der Waals surface area contributed by atoms with E-state index in [0.29, 0.717) is 5.69 Å². The molecular weight excluding hydrogens is 375 g/mol.